The van der Waals surface area contributed by atoms with Crippen molar-refractivity contribution in [3.8, 4) is 0 Å². The Morgan fingerprint density at radius 2 is 2.07 bits per heavy atom. The quantitative estimate of drug-likeness (QED) is 0.305. The summed E-state index contributed by atoms with van der Waals surface area (Å²) in [6.45, 7) is 0.986. The molecule has 2 heterocycles. The van der Waals surface area contributed by atoms with Gasteiger partial charge in [-0.3, -0.25) is 15.6 Å². The molecule has 0 saturated carbocycles. The SMILES string of the molecule is N=COC(=N)c1cnc(Nc2ccc3c(c2)CNC3=O)nc1NCc1ccccc1. The average molecular weight is 401 g/mol. The number of carbonyl (C=O) groups excluding carboxylic acids is 1. The highest BCUT2D eigenvalue weighted by molar-refractivity contribution is 6.00. The van der Waals surface area contributed by atoms with E-state index in [1.165, 1.54) is 6.20 Å². The molecule has 9 heteroatoms. The number of carbonyl (C=O) groups is 1. The van der Waals surface area contributed by atoms with Crippen molar-refractivity contribution in [2.24, 2.45) is 0 Å². The summed E-state index contributed by atoms with van der Waals surface area (Å²) in [6.07, 6.45) is 2.16. The molecule has 0 unspecified atom stereocenters. The second-order valence-corrected chi connectivity index (χ2v) is 6.54. The van der Waals surface area contributed by atoms with Crippen molar-refractivity contribution in [1.82, 2.24) is 15.3 Å². The number of benzene rings is 2. The number of rotatable bonds is 7. The topological polar surface area (TPSA) is 136 Å². The zero-order chi connectivity index (χ0) is 20.9. The Bertz CT molecular complexity index is 1120. The summed E-state index contributed by atoms with van der Waals surface area (Å²) in [5, 5.41) is 24.2. The first kappa shape index (κ1) is 19.1. The molecule has 0 radical (unpaired) electrons. The van der Waals surface area contributed by atoms with Gasteiger partial charge in [0, 0.05) is 30.5 Å². The molecule has 1 amide bonds. The first-order valence-corrected chi connectivity index (χ1v) is 9.21. The van der Waals surface area contributed by atoms with Crippen LogP contribution in [0.3, 0.4) is 0 Å². The highest BCUT2D eigenvalue weighted by atomic mass is 16.5. The minimum absolute atomic E-state index is 0.0748. The minimum Gasteiger partial charge on any atom is -0.428 e. The van der Waals surface area contributed by atoms with E-state index in [0.29, 0.717) is 42.4 Å². The molecule has 1 aromatic heterocycles. The van der Waals surface area contributed by atoms with Crippen LogP contribution in [0.15, 0.2) is 54.7 Å². The third kappa shape index (κ3) is 4.09. The van der Waals surface area contributed by atoms with E-state index in [1.54, 1.807) is 12.1 Å². The Balaban J connectivity index is 1.58. The van der Waals surface area contributed by atoms with Crippen LogP contribution < -0.4 is 16.0 Å². The summed E-state index contributed by atoms with van der Waals surface area (Å²) in [6, 6.07) is 15.2. The van der Waals surface area contributed by atoms with Crippen LogP contribution in [0, 0.1) is 10.8 Å². The fourth-order valence-corrected chi connectivity index (χ4v) is 3.09. The normalized spacial score (nSPS) is 11.9. The Morgan fingerprint density at radius 1 is 1.23 bits per heavy atom. The molecule has 30 heavy (non-hydrogen) atoms. The third-order valence-electron chi connectivity index (χ3n) is 4.56. The van der Waals surface area contributed by atoms with Crippen molar-refractivity contribution in [2.75, 3.05) is 10.6 Å². The van der Waals surface area contributed by atoms with Gasteiger partial charge in [0.1, 0.15) is 5.82 Å². The van der Waals surface area contributed by atoms with Crippen molar-refractivity contribution in [3.63, 3.8) is 0 Å². The number of amides is 1. The highest BCUT2D eigenvalue weighted by Gasteiger charge is 2.19. The number of aromatic nitrogens is 2. The van der Waals surface area contributed by atoms with Crippen molar-refractivity contribution >= 4 is 35.7 Å². The van der Waals surface area contributed by atoms with E-state index in [0.717, 1.165) is 16.8 Å². The number of ether oxygens (including phenoxy) is 1. The van der Waals surface area contributed by atoms with Gasteiger partial charge < -0.3 is 20.7 Å². The van der Waals surface area contributed by atoms with Gasteiger partial charge in [-0.15, -0.1) is 0 Å². The van der Waals surface area contributed by atoms with Crippen molar-refractivity contribution < 1.29 is 9.53 Å². The lowest BCUT2D eigenvalue weighted by Gasteiger charge is -2.13. The molecule has 0 atom stereocenters. The fraction of sp³-hybridized carbons (Fsp3) is 0.0952. The summed E-state index contributed by atoms with van der Waals surface area (Å²) in [4.78, 5) is 20.5. The van der Waals surface area contributed by atoms with Gasteiger partial charge in [0.2, 0.25) is 11.8 Å². The van der Waals surface area contributed by atoms with E-state index in [1.807, 2.05) is 36.4 Å². The van der Waals surface area contributed by atoms with E-state index in [2.05, 4.69) is 25.9 Å². The Hall–Kier alpha value is -4.27. The van der Waals surface area contributed by atoms with Gasteiger partial charge in [-0.25, -0.2) is 4.98 Å². The van der Waals surface area contributed by atoms with Gasteiger partial charge in [-0.2, -0.15) is 4.98 Å². The molecule has 2 aromatic carbocycles. The van der Waals surface area contributed by atoms with Crippen LogP contribution in [0.5, 0.6) is 0 Å². The molecular weight excluding hydrogens is 382 g/mol. The molecule has 3 aromatic rings. The van der Waals surface area contributed by atoms with Crippen LogP contribution in [0.25, 0.3) is 0 Å². The smallest absolute Gasteiger partial charge is 0.251 e. The Labute approximate surface area is 172 Å². The number of hydrogen-bond acceptors (Lipinski definition) is 8. The zero-order valence-electron chi connectivity index (χ0n) is 15.9. The standard InChI is InChI=1S/C21H19N7O2/c22-12-30-18(23)17-11-26-21(28-19(17)24-9-13-4-2-1-3-5-13)27-15-6-7-16-14(8-15)10-25-20(16)29/h1-8,11-12,22-23H,9-10H2,(H,25,29)(H2,24,26,27,28). The molecule has 4 rings (SSSR count). The van der Waals surface area contributed by atoms with Crippen LogP contribution in [0.4, 0.5) is 17.5 Å². The fourth-order valence-electron chi connectivity index (χ4n) is 3.09. The second kappa shape index (κ2) is 8.39. The van der Waals surface area contributed by atoms with Gasteiger partial charge in [0.25, 0.3) is 5.91 Å². The van der Waals surface area contributed by atoms with Gasteiger partial charge in [-0.1, -0.05) is 30.3 Å². The van der Waals surface area contributed by atoms with Crippen molar-refractivity contribution in [1.29, 1.82) is 10.8 Å². The average Bonchev–Trinajstić information content (AvgIpc) is 3.13. The molecule has 0 aliphatic carbocycles. The molecule has 1 aliphatic heterocycles. The van der Waals surface area contributed by atoms with Crippen LogP contribution in [-0.4, -0.2) is 28.2 Å². The van der Waals surface area contributed by atoms with E-state index < -0.39 is 0 Å². The number of nitrogens with zero attached hydrogens (tertiary/aromatic N) is 2. The lowest BCUT2D eigenvalue weighted by molar-refractivity contribution is 0.0966. The second-order valence-electron chi connectivity index (χ2n) is 6.54. The molecule has 5 N–H and O–H groups in total. The first-order valence-electron chi connectivity index (χ1n) is 9.21. The van der Waals surface area contributed by atoms with Crippen LogP contribution >= 0.6 is 0 Å². The Morgan fingerprint density at radius 3 is 2.87 bits per heavy atom. The molecule has 150 valence electrons. The van der Waals surface area contributed by atoms with Gasteiger partial charge in [0.05, 0.1) is 5.56 Å². The van der Waals surface area contributed by atoms with E-state index in [-0.39, 0.29) is 11.8 Å². The summed E-state index contributed by atoms with van der Waals surface area (Å²) in [5.74, 6) is 0.430. The monoisotopic (exact) mass is 401 g/mol. The van der Waals surface area contributed by atoms with Crippen molar-refractivity contribution in [2.45, 2.75) is 13.1 Å². The van der Waals surface area contributed by atoms with Crippen LogP contribution in [0.1, 0.15) is 27.0 Å². The lowest BCUT2D eigenvalue weighted by atomic mass is 10.1. The highest BCUT2D eigenvalue weighted by Crippen LogP contribution is 2.23. The predicted molar refractivity (Wildman–Crippen MR) is 113 cm³/mol. The molecule has 0 fully saturated rings. The number of anilines is 3. The van der Waals surface area contributed by atoms with Gasteiger partial charge >= 0.3 is 0 Å². The molecular formula is C21H19N7O2. The molecule has 9 nitrogen and oxygen atoms in total. The van der Waals surface area contributed by atoms with Crippen molar-refractivity contribution in [3.05, 3.63) is 77.0 Å². The number of hydrogen-bond donors (Lipinski definition) is 5. The molecule has 0 spiro atoms. The Kier molecular flexibility index (Phi) is 5.33. The minimum atomic E-state index is -0.228. The van der Waals surface area contributed by atoms with E-state index in [4.69, 9.17) is 15.6 Å². The molecule has 0 bridgehead atoms. The predicted octanol–water partition coefficient (Wildman–Crippen LogP) is 3.02. The number of nitrogens with one attached hydrogen (secondary N) is 5. The first-order chi connectivity index (χ1) is 14.6. The summed E-state index contributed by atoms with van der Waals surface area (Å²) in [5.41, 5.74) is 3.71. The largest absolute Gasteiger partial charge is 0.428 e. The maximum absolute atomic E-state index is 11.7. The zero-order valence-corrected chi connectivity index (χ0v) is 15.9. The maximum atomic E-state index is 11.7. The van der Waals surface area contributed by atoms with Gasteiger partial charge in [-0.05, 0) is 29.3 Å². The summed E-state index contributed by atoms with van der Waals surface area (Å²) in [7, 11) is 0. The lowest BCUT2D eigenvalue weighted by Crippen LogP contribution is -2.13. The number of fused-ring (bicyclic) bond motifs is 1. The molecule has 1 aliphatic rings. The third-order valence-corrected chi connectivity index (χ3v) is 4.56. The van der Waals surface area contributed by atoms with Crippen LogP contribution in [-0.2, 0) is 17.8 Å². The van der Waals surface area contributed by atoms with Gasteiger partial charge in [0.15, 0.2) is 6.40 Å². The van der Waals surface area contributed by atoms with E-state index in [9.17, 15) is 4.79 Å². The maximum Gasteiger partial charge on any atom is 0.251 e. The van der Waals surface area contributed by atoms with E-state index >= 15 is 0 Å². The summed E-state index contributed by atoms with van der Waals surface area (Å²) >= 11 is 0. The van der Waals surface area contributed by atoms with Crippen LogP contribution in [0.2, 0.25) is 0 Å². The molecule has 0 saturated heterocycles. The summed E-state index contributed by atoms with van der Waals surface area (Å²) < 4.78 is 4.88.